The number of nitriles is 1. The fraction of sp³-hybridized carbons (Fsp3) is 0.333. The first-order valence-corrected chi connectivity index (χ1v) is 7.91. The lowest BCUT2D eigenvalue weighted by Crippen LogP contribution is -2.24. The van der Waals surface area contributed by atoms with Crippen molar-refractivity contribution in [1.82, 2.24) is 14.3 Å². The molecule has 0 atom stereocenters. The molecule has 3 N–H and O–H groups in total. The summed E-state index contributed by atoms with van der Waals surface area (Å²) in [5.41, 5.74) is 7.67. The summed E-state index contributed by atoms with van der Waals surface area (Å²) in [6.07, 6.45) is 1.70. The van der Waals surface area contributed by atoms with Crippen molar-refractivity contribution in [3.63, 3.8) is 0 Å². The summed E-state index contributed by atoms with van der Waals surface area (Å²) in [6.45, 7) is 0.857. The van der Waals surface area contributed by atoms with Crippen LogP contribution in [0.1, 0.15) is 12.0 Å². The Morgan fingerprint density at radius 2 is 2.25 bits per heavy atom. The van der Waals surface area contributed by atoms with E-state index in [1.54, 1.807) is 16.7 Å². The fourth-order valence-electron chi connectivity index (χ4n) is 1.98. The molecule has 0 unspecified atom stereocenters. The zero-order valence-electron chi connectivity index (χ0n) is 11.0. The number of sulfonamides is 1. The minimum Gasteiger partial charge on any atom is -0.369 e. The third kappa shape index (κ3) is 3.07. The van der Waals surface area contributed by atoms with E-state index in [0.29, 0.717) is 36.5 Å². The molecule has 0 aliphatic rings. The highest BCUT2D eigenvalue weighted by Gasteiger charge is 2.11. The highest BCUT2D eigenvalue weighted by atomic mass is 32.2. The molecule has 2 aromatic rings. The first kappa shape index (κ1) is 14.3. The predicted molar refractivity (Wildman–Crippen MR) is 76.3 cm³/mol. The van der Waals surface area contributed by atoms with Gasteiger partial charge in [-0.2, -0.15) is 5.26 Å². The van der Waals surface area contributed by atoms with Crippen LogP contribution in [0.3, 0.4) is 0 Å². The molecule has 0 bridgehead atoms. The molecule has 106 valence electrons. The lowest BCUT2D eigenvalue weighted by molar-refractivity contribution is 0.578. The second-order valence-electron chi connectivity index (χ2n) is 4.43. The molecule has 0 fully saturated rings. The molecule has 2 rings (SSSR count). The van der Waals surface area contributed by atoms with Gasteiger partial charge in [-0.25, -0.2) is 18.1 Å². The van der Waals surface area contributed by atoms with Crippen LogP contribution in [0.2, 0.25) is 0 Å². The van der Waals surface area contributed by atoms with Crippen molar-refractivity contribution in [2.75, 3.05) is 18.5 Å². The Kier molecular flexibility index (Phi) is 3.92. The van der Waals surface area contributed by atoms with E-state index in [1.807, 2.05) is 6.07 Å². The number of imidazole rings is 1. The van der Waals surface area contributed by atoms with Crippen LogP contribution < -0.4 is 10.5 Å². The highest BCUT2D eigenvalue weighted by Crippen LogP contribution is 2.21. The predicted octanol–water partition coefficient (Wildman–Crippen LogP) is 0.429. The summed E-state index contributed by atoms with van der Waals surface area (Å²) in [6, 6.07) is 7.37. The molecule has 0 radical (unpaired) electrons. The second-order valence-corrected chi connectivity index (χ2v) is 6.26. The van der Waals surface area contributed by atoms with Gasteiger partial charge in [0.05, 0.1) is 17.3 Å². The normalized spacial score (nSPS) is 11.6. The van der Waals surface area contributed by atoms with Gasteiger partial charge in [-0.05, 0) is 18.6 Å². The Morgan fingerprint density at radius 1 is 1.50 bits per heavy atom. The number of aromatic nitrogens is 2. The molecule has 0 amide bonds. The molecule has 1 aromatic carbocycles. The maximum Gasteiger partial charge on any atom is 0.208 e. The van der Waals surface area contributed by atoms with Gasteiger partial charge in [0.1, 0.15) is 11.6 Å². The summed E-state index contributed by atoms with van der Waals surface area (Å²) < 4.78 is 26.1. The zero-order chi connectivity index (χ0) is 14.8. The van der Waals surface area contributed by atoms with Gasteiger partial charge in [0.15, 0.2) is 0 Å². The van der Waals surface area contributed by atoms with Gasteiger partial charge in [0.2, 0.25) is 16.0 Å². The molecule has 0 saturated heterocycles. The third-order valence-electron chi connectivity index (χ3n) is 2.85. The van der Waals surface area contributed by atoms with Gasteiger partial charge in [-0.1, -0.05) is 6.07 Å². The summed E-state index contributed by atoms with van der Waals surface area (Å²) in [5, 5.41) is 9.02. The molecule has 0 spiro atoms. The van der Waals surface area contributed by atoms with Crippen molar-refractivity contribution in [2.24, 2.45) is 0 Å². The second kappa shape index (κ2) is 5.48. The van der Waals surface area contributed by atoms with E-state index in [4.69, 9.17) is 11.0 Å². The van der Waals surface area contributed by atoms with E-state index in [1.165, 1.54) is 0 Å². The lowest BCUT2D eigenvalue weighted by atomic mass is 10.2. The summed E-state index contributed by atoms with van der Waals surface area (Å²) in [5.74, 6) is 0.321. The first-order chi connectivity index (χ1) is 9.42. The number of para-hydroxylation sites is 1. The maximum absolute atomic E-state index is 11.0. The average molecular weight is 293 g/mol. The Morgan fingerprint density at radius 3 is 2.90 bits per heavy atom. The molecular formula is C12H15N5O2S. The Hall–Kier alpha value is -2.11. The molecular weight excluding hydrogens is 278 g/mol. The van der Waals surface area contributed by atoms with Crippen LogP contribution in [0, 0.1) is 11.3 Å². The van der Waals surface area contributed by atoms with Crippen molar-refractivity contribution in [3.8, 4) is 6.07 Å². The summed E-state index contributed by atoms with van der Waals surface area (Å²) in [4.78, 5) is 4.19. The number of hydrogen-bond donors (Lipinski definition) is 2. The number of rotatable bonds is 5. The number of benzene rings is 1. The summed E-state index contributed by atoms with van der Waals surface area (Å²) in [7, 11) is -3.18. The maximum atomic E-state index is 11.0. The number of nitrogens with zero attached hydrogens (tertiary/aromatic N) is 3. The molecule has 7 nitrogen and oxygen atoms in total. The van der Waals surface area contributed by atoms with Crippen molar-refractivity contribution in [3.05, 3.63) is 23.8 Å². The fourth-order valence-corrected chi connectivity index (χ4v) is 2.50. The largest absolute Gasteiger partial charge is 0.369 e. The number of anilines is 1. The molecule has 8 heteroatoms. The SMILES string of the molecule is CS(=O)(=O)NCCCn1c(N)nc2c(C#N)cccc21. The molecule has 0 saturated carbocycles. The van der Waals surface area contributed by atoms with Crippen molar-refractivity contribution in [2.45, 2.75) is 13.0 Å². The minimum absolute atomic E-state index is 0.321. The van der Waals surface area contributed by atoms with Gasteiger partial charge in [0.25, 0.3) is 0 Å². The lowest BCUT2D eigenvalue weighted by Gasteiger charge is -2.06. The smallest absolute Gasteiger partial charge is 0.208 e. The molecule has 0 aliphatic carbocycles. The Labute approximate surface area is 117 Å². The third-order valence-corrected chi connectivity index (χ3v) is 3.58. The highest BCUT2D eigenvalue weighted by molar-refractivity contribution is 7.88. The monoisotopic (exact) mass is 293 g/mol. The number of hydrogen-bond acceptors (Lipinski definition) is 5. The van der Waals surface area contributed by atoms with E-state index in [-0.39, 0.29) is 0 Å². The molecule has 1 heterocycles. The number of nitrogens with one attached hydrogen (secondary N) is 1. The van der Waals surface area contributed by atoms with Crippen molar-refractivity contribution >= 4 is 27.0 Å². The van der Waals surface area contributed by atoms with Gasteiger partial charge >= 0.3 is 0 Å². The number of nitrogen functional groups attached to an aromatic ring is 1. The summed E-state index contributed by atoms with van der Waals surface area (Å²) >= 11 is 0. The Balaban J connectivity index is 2.19. The minimum atomic E-state index is -3.18. The van der Waals surface area contributed by atoms with Gasteiger partial charge in [0, 0.05) is 13.1 Å². The number of fused-ring (bicyclic) bond motifs is 1. The van der Waals surface area contributed by atoms with E-state index in [0.717, 1.165) is 11.8 Å². The van der Waals surface area contributed by atoms with Gasteiger partial charge < -0.3 is 10.3 Å². The van der Waals surface area contributed by atoms with Crippen LogP contribution in [-0.4, -0.2) is 30.8 Å². The van der Waals surface area contributed by atoms with Crippen LogP contribution in [0.5, 0.6) is 0 Å². The number of aryl methyl sites for hydroxylation is 1. The topological polar surface area (TPSA) is 114 Å². The van der Waals surface area contributed by atoms with Crippen LogP contribution in [0.4, 0.5) is 5.95 Å². The van der Waals surface area contributed by atoms with Crippen molar-refractivity contribution in [1.29, 1.82) is 5.26 Å². The van der Waals surface area contributed by atoms with Crippen LogP contribution >= 0.6 is 0 Å². The number of nitrogens with two attached hydrogens (primary N) is 1. The molecule has 0 aliphatic heterocycles. The van der Waals surface area contributed by atoms with Crippen LogP contribution in [0.25, 0.3) is 11.0 Å². The van der Waals surface area contributed by atoms with Crippen molar-refractivity contribution < 1.29 is 8.42 Å². The van der Waals surface area contributed by atoms with E-state index < -0.39 is 10.0 Å². The average Bonchev–Trinajstić information content (AvgIpc) is 2.69. The van der Waals surface area contributed by atoms with Gasteiger partial charge in [-0.15, -0.1) is 0 Å². The first-order valence-electron chi connectivity index (χ1n) is 6.02. The standard InChI is InChI=1S/C12H15N5O2S/c1-20(18,19)15-6-3-7-17-10-5-2-4-9(8-13)11(10)16-12(17)14/h2,4-5,15H,3,6-7H2,1H3,(H2,14,16). The van der Waals surface area contributed by atoms with E-state index >= 15 is 0 Å². The van der Waals surface area contributed by atoms with E-state index in [2.05, 4.69) is 15.8 Å². The Bertz CT molecular complexity index is 773. The quantitative estimate of drug-likeness (QED) is 0.776. The molecule has 1 aromatic heterocycles. The zero-order valence-corrected chi connectivity index (χ0v) is 11.8. The molecule has 20 heavy (non-hydrogen) atoms. The van der Waals surface area contributed by atoms with Gasteiger partial charge in [-0.3, -0.25) is 0 Å². The van der Waals surface area contributed by atoms with Crippen LogP contribution in [-0.2, 0) is 16.6 Å². The van der Waals surface area contributed by atoms with E-state index in [9.17, 15) is 8.42 Å². The van der Waals surface area contributed by atoms with Crippen LogP contribution in [0.15, 0.2) is 18.2 Å².